The summed E-state index contributed by atoms with van der Waals surface area (Å²) in [4.78, 5) is 14.5. The minimum Gasteiger partial charge on any atom is -0.490 e. The van der Waals surface area contributed by atoms with Crippen molar-refractivity contribution >= 4 is 15.9 Å². The van der Waals surface area contributed by atoms with Crippen LogP contribution in [0.4, 0.5) is 0 Å². The molecule has 0 N–H and O–H groups in total. The van der Waals surface area contributed by atoms with E-state index in [9.17, 15) is 13.2 Å². The van der Waals surface area contributed by atoms with Crippen molar-refractivity contribution in [2.75, 3.05) is 39.4 Å². The molecule has 2 aliphatic heterocycles. The molecular formula is C22H26N2O5S. The fourth-order valence-corrected chi connectivity index (χ4v) is 5.12. The first-order valence-corrected chi connectivity index (χ1v) is 11.7. The molecule has 8 heteroatoms. The predicted octanol–water partition coefficient (Wildman–Crippen LogP) is 2.31. The highest BCUT2D eigenvalue weighted by molar-refractivity contribution is 7.89. The maximum absolute atomic E-state index is 13.1. The van der Waals surface area contributed by atoms with E-state index in [0.717, 1.165) is 12.0 Å². The molecule has 160 valence electrons. The lowest BCUT2D eigenvalue weighted by atomic mass is 10.1. The van der Waals surface area contributed by atoms with Crippen LogP contribution in [0.15, 0.2) is 53.4 Å². The third-order valence-corrected chi connectivity index (χ3v) is 7.31. The zero-order valence-corrected chi connectivity index (χ0v) is 17.6. The molecule has 0 atom stereocenters. The summed E-state index contributed by atoms with van der Waals surface area (Å²) in [7, 11) is -3.65. The van der Waals surface area contributed by atoms with Crippen molar-refractivity contribution in [3.05, 3.63) is 54.1 Å². The number of carbonyl (C=O) groups is 1. The van der Waals surface area contributed by atoms with Gasteiger partial charge in [-0.1, -0.05) is 30.3 Å². The minimum absolute atomic E-state index is 0.0616. The summed E-state index contributed by atoms with van der Waals surface area (Å²) < 4.78 is 38.8. The van der Waals surface area contributed by atoms with E-state index in [1.54, 1.807) is 17.0 Å². The van der Waals surface area contributed by atoms with Gasteiger partial charge >= 0.3 is 0 Å². The number of nitrogens with zero attached hydrogens (tertiary/aromatic N) is 2. The molecule has 0 radical (unpaired) electrons. The second-order valence-electron chi connectivity index (χ2n) is 7.43. The standard InChI is InChI=1S/C22H26N2O5S/c25-22(10-7-18-5-2-1-3-6-18)23-11-13-24(14-12-23)30(26,27)19-8-9-20-21(17-19)29-16-4-15-28-20/h1-3,5-6,8-9,17H,4,7,10-16H2. The molecule has 1 saturated heterocycles. The summed E-state index contributed by atoms with van der Waals surface area (Å²) in [6, 6.07) is 14.6. The number of benzene rings is 2. The average molecular weight is 431 g/mol. The molecule has 0 aliphatic carbocycles. The second-order valence-corrected chi connectivity index (χ2v) is 9.37. The highest BCUT2D eigenvalue weighted by atomic mass is 32.2. The number of hydrogen-bond donors (Lipinski definition) is 0. The molecule has 0 aromatic heterocycles. The molecule has 0 saturated carbocycles. The molecule has 2 aliphatic rings. The third-order valence-electron chi connectivity index (χ3n) is 5.42. The molecule has 0 spiro atoms. The molecule has 7 nitrogen and oxygen atoms in total. The lowest BCUT2D eigenvalue weighted by Gasteiger charge is -2.34. The number of aryl methyl sites for hydroxylation is 1. The van der Waals surface area contributed by atoms with Gasteiger partial charge in [-0.25, -0.2) is 8.42 Å². The molecule has 1 fully saturated rings. The Morgan fingerprint density at radius 2 is 1.60 bits per heavy atom. The van der Waals surface area contributed by atoms with Gasteiger partial charge in [0, 0.05) is 45.1 Å². The highest BCUT2D eigenvalue weighted by Gasteiger charge is 2.30. The number of amides is 1. The van der Waals surface area contributed by atoms with Gasteiger partial charge in [0.25, 0.3) is 0 Å². The van der Waals surface area contributed by atoms with Crippen LogP contribution < -0.4 is 9.47 Å². The van der Waals surface area contributed by atoms with E-state index in [2.05, 4.69) is 0 Å². The van der Waals surface area contributed by atoms with Crippen LogP contribution in [0.5, 0.6) is 11.5 Å². The normalized spacial score (nSPS) is 17.4. The van der Waals surface area contributed by atoms with Gasteiger partial charge in [-0.2, -0.15) is 4.31 Å². The summed E-state index contributed by atoms with van der Waals surface area (Å²) in [5.74, 6) is 1.09. The Morgan fingerprint density at radius 1 is 0.900 bits per heavy atom. The van der Waals surface area contributed by atoms with Gasteiger partial charge in [-0.05, 0) is 24.1 Å². The topological polar surface area (TPSA) is 76.2 Å². The van der Waals surface area contributed by atoms with Gasteiger partial charge in [0.1, 0.15) is 0 Å². The van der Waals surface area contributed by atoms with Crippen molar-refractivity contribution in [2.24, 2.45) is 0 Å². The van der Waals surface area contributed by atoms with Gasteiger partial charge in [-0.3, -0.25) is 4.79 Å². The summed E-state index contributed by atoms with van der Waals surface area (Å²) in [6.45, 7) is 2.43. The Kier molecular flexibility index (Phi) is 6.24. The van der Waals surface area contributed by atoms with Gasteiger partial charge in [0.2, 0.25) is 15.9 Å². The first-order valence-electron chi connectivity index (χ1n) is 10.3. The molecule has 2 heterocycles. The second kappa shape index (κ2) is 9.06. The van der Waals surface area contributed by atoms with E-state index in [1.165, 1.54) is 10.4 Å². The van der Waals surface area contributed by atoms with Crippen LogP contribution in [-0.2, 0) is 21.2 Å². The molecule has 4 rings (SSSR count). The van der Waals surface area contributed by atoms with Gasteiger partial charge in [0.05, 0.1) is 18.1 Å². The Balaban J connectivity index is 1.36. The number of sulfonamides is 1. The quantitative estimate of drug-likeness (QED) is 0.728. The maximum atomic E-state index is 13.1. The first-order chi connectivity index (χ1) is 14.5. The zero-order chi connectivity index (χ0) is 21.0. The Bertz CT molecular complexity index is 986. The lowest BCUT2D eigenvalue weighted by molar-refractivity contribution is -0.132. The van der Waals surface area contributed by atoms with Gasteiger partial charge < -0.3 is 14.4 Å². The van der Waals surface area contributed by atoms with Gasteiger partial charge in [0.15, 0.2) is 11.5 Å². The largest absolute Gasteiger partial charge is 0.490 e. The average Bonchev–Trinajstić information content (AvgIpc) is 3.03. The molecule has 0 unspecified atom stereocenters. The smallest absolute Gasteiger partial charge is 0.243 e. The SMILES string of the molecule is O=C(CCc1ccccc1)N1CCN(S(=O)(=O)c2ccc3c(c2)OCCCO3)CC1. The van der Waals surface area contributed by atoms with Crippen LogP contribution in [0, 0.1) is 0 Å². The molecule has 2 aromatic carbocycles. The van der Waals surface area contributed by atoms with Crippen LogP contribution in [0.2, 0.25) is 0 Å². The number of piperazine rings is 1. The fraction of sp³-hybridized carbons (Fsp3) is 0.409. The van der Waals surface area contributed by atoms with Crippen molar-refractivity contribution in [1.82, 2.24) is 9.21 Å². The van der Waals surface area contributed by atoms with Gasteiger partial charge in [-0.15, -0.1) is 0 Å². The Labute approximate surface area is 177 Å². The van der Waals surface area contributed by atoms with Crippen LogP contribution in [0.1, 0.15) is 18.4 Å². The monoisotopic (exact) mass is 430 g/mol. The zero-order valence-electron chi connectivity index (χ0n) is 16.8. The van der Waals surface area contributed by atoms with E-state index >= 15 is 0 Å². The van der Waals surface area contributed by atoms with Crippen LogP contribution in [-0.4, -0.2) is 62.9 Å². The van der Waals surface area contributed by atoms with E-state index in [0.29, 0.717) is 50.6 Å². The number of ether oxygens (including phenoxy) is 2. The first kappa shape index (κ1) is 20.7. The van der Waals surface area contributed by atoms with Crippen molar-refractivity contribution in [2.45, 2.75) is 24.2 Å². The Hall–Kier alpha value is -2.58. The van der Waals surface area contributed by atoms with Crippen molar-refractivity contribution in [3.8, 4) is 11.5 Å². The molecule has 2 aromatic rings. The van der Waals surface area contributed by atoms with Crippen LogP contribution in [0.25, 0.3) is 0 Å². The summed E-state index contributed by atoms with van der Waals surface area (Å²) in [5.41, 5.74) is 1.13. The summed E-state index contributed by atoms with van der Waals surface area (Å²) in [6.07, 6.45) is 1.88. The summed E-state index contributed by atoms with van der Waals surface area (Å²) >= 11 is 0. The lowest BCUT2D eigenvalue weighted by Crippen LogP contribution is -2.50. The molecular weight excluding hydrogens is 404 g/mol. The van der Waals surface area contributed by atoms with Crippen LogP contribution in [0.3, 0.4) is 0 Å². The fourth-order valence-electron chi connectivity index (χ4n) is 3.69. The minimum atomic E-state index is -3.65. The maximum Gasteiger partial charge on any atom is 0.243 e. The number of hydrogen-bond acceptors (Lipinski definition) is 5. The van der Waals surface area contributed by atoms with E-state index in [-0.39, 0.29) is 23.9 Å². The Morgan fingerprint density at radius 3 is 2.33 bits per heavy atom. The predicted molar refractivity (Wildman–Crippen MR) is 112 cm³/mol. The third kappa shape index (κ3) is 4.60. The molecule has 30 heavy (non-hydrogen) atoms. The van der Waals surface area contributed by atoms with Crippen molar-refractivity contribution < 1.29 is 22.7 Å². The van der Waals surface area contributed by atoms with Crippen molar-refractivity contribution in [1.29, 1.82) is 0 Å². The molecule has 1 amide bonds. The van der Waals surface area contributed by atoms with E-state index in [1.807, 2.05) is 30.3 Å². The number of fused-ring (bicyclic) bond motifs is 1. The van der Waals surface area contributed by atoms with Crippen LogP contribution >= 0.6 is 0 Å². The van der Waals surface area contributed by atoms with E-state index < -0.39 is 10.0 Å². The summed E-state index contributed by atoms with van der Waals surface area (Å²) in [5, 5.41) is 0. The van der Waals surface area contributed by atoms with Crippen molar-refractivity contribution in [3.63, 3.8) is 0 Å². The number of rotatable bonds is 5. The molecule has 0 bridgehead atoms. The van der Waals surface area contributed by atoms with E-state index in [4.69, 9.17) is 9.47 Å². The number of carbonyl (C=O) groups excluding carboxylic acids is 1. The highest BCUT2D eigenvalue weighted by Crippen LogP contribution is 2.33.